The summed E-state index contributed by atoms with van der Waals surface area (Å²) >= 11 is 0. The number of hydrogen-bond donors (Lipinski definition) is 3. The molecule has 0 unspecified atom stereocenters. The summed E-state index contributed by atoms with van der Waals surface area (Å²) in [5, 5.41) is 9.50. The Kier molecular flexibility index (Phi) is 7.37. The Morgan fingerprint density at radius 3 is 1.76 bits per heavy atom. The van der Waals surface area contributed by atoms with E-state index >= 15 is 0 Å². The summed E-state index contributed by atoms with van der Waals surface area (Å²) in [5.74, 6) is -0.824. The number of carboxylic acid groups (broad SMARTS) is 1. The highest BCUT2D eigenvalue weighted by Gasteiger charge is 2.28. The Morgan fingerprint density at radius 1 is 0.738 bits per heavy atom. The first-order valence-electron chi connectivity index (χ1n) is 14.9. The average molecular weight is 567 g/mol. The van der Waals surface area contributed by atoms with Crippen LogP contribution >= 0.6 is 0 Å². The summed E-state index contributed by atoms with van der Waals surface area (Å²) in [6.07, 6.45) is 3.55. The number of aromatic amines is 2. The predicted molar refractivity (Wildman–Crippen MR) is 166 cm³/mol. The quantitative estimate of drug-likeness (QED) is 0.189. The molecule has 0 atom stereocenters. The molecular formula is C34H38N4O4. The number of fused-ring (bicyclic) bond motifs is 8. The van der Waals surface area contributed by atoms with Crippen LogP contribution in [0.4, 0.5) is 0 Å². The lowest BCUT2D eigenvalue weighted by Gasteiger charge is -2.05. The zero-order valence-corrected chi connectivity index (χ0v) is 25.2. The van der Waals surface area contributed by atoms with E-state index in [0.29, 0.717) is 6.42 Å². The maximum absolute atomic E-state index is 11.6. The molecule has 42 heavy (non-hydrogen) atoms. The van der Waals surface area contributed by atoms with Gasteiger partial charge in [-0.15, -0.1) is 0 Å². The van der Waals surface area contributed by atoms with Gasteiger partial charge in [0.15, 0.2) is 0 Å². The van der Waals surface area contributed by atoms with Gasteiger partial charge in [-0.05, 0) is 122 Å². The maximum atomic E-state index is 11.6. The van der Waals surface area contributed by atoms with Gasteiger partial charge < -0.3 is 15.1 Å². The van der Waals surface area contributed by atoms with Gasteiger partial charge in [0, 0.05) is 34.9 Å². The van der Waals surface area contributed by atoms with Crippen LogP contribution < -0.4 is 0 Å². The first-order valence-corrected chi connectivity index (χ1v) is 14.9. The fraction of sp³-hybridized carbons (Fsp3) is 0.382. The molecule has 0 aliphatic carbocycles. The largest absolute Gasteiger partial charge is 0.481 e. The number of aromatic nitrogens is 4. The van der Waals surface area contributed by atoms with Crippen molar-refractivity contribution < 1.29 is 19.7 Å². The van der Waals surface area contributed by atoms with Gasteiger partial charge in [0.1, 0.15) is 0 Å². The van der Waals surface area contributed by atoms with Gasteiger partial charge in [0.2, 0.25) is 6.29 Å². The summed E-state index contributed by atoms with van der Waals surface area (Å²) in [6, 6.07) is 8.52. The number of H-pyrrole nitrogens is 2. The fourth-order valence-electron chi connectivity index (χ4n) is 6.39. The van der Waals surface area contributed by atoms with Crippen LogP contribution in [0.2, 0.25) is 0 Å². The van der Waals surface area contributed by atoms with Crippen molar-refractivity contribution in [2.45, 2.75) is 86.4 Å². The van der Waals surface area contributed by atoms with Crippen LogP contribution in [0.1, 0.15) is 98.4 Å². The van der Waals surface area contributed by atoms with Crippen molar-refractivity contribution in [3.05, 3.63) is 69.3 Å². The van der Waals surface area contributed by atoms with Gasteiger partial charge >= 0.3 is 5.97 Å². The number of aliphatic carboxylic acids is 1. The predicted octanol–water partition coefficient (Wildman–Crippen LogP) is 7.85. The average Bonchev–Trinajstić information content (AvgIpc) is 3.49. The third kappa shape index (κ3) is 5.10. The molecule has 3 aliphatic heterocycles. The number of carbonyl (C=O) groups is 1. The van der Waals surface area contributed by atoms with Crippen molar-refractivity contribution in [2.75, 3.05) is 0 Å². The Hall–Kier alpha value is -4.01. The Labute approximate surface area is 245 Å². The van der Waals surface area contributed by atoms with Gasteiger partial charge in [-0.25, -0.2) is 9.97 Å². The molecule has 6 heterocycles. The molecule has 0 amide bonds. The third-order valence-electron chi connectivity index (χ3n) is 8.96. The first-order chi connectivity index (χ1) is 20.2. The molecule has 0 radical (unpaired) electrons. The summed E-state index contributed by atoms with van der Waals surface area (Å²) in [7, 11) is 0. The van der Waals surface area contributed by atoms with Crippen LogP contribution in [0.3, 0.4) is 0 Å². The van der Waals surface area contributed by atoms with Crippen LogP contribution in [0, 0.1) is 13.8 Å². The monoisotopic (exact) mass is 566 g/mol. The second-order valence-electron chi connectivity index (χ2n) is 11.4. The van der Waals surface area contributed by atoms with Crippen LogP contribution in [-0.4, -0.2) is 37.3 Å². The molecule has 6 rings (SSSR count). The number of nitrogens with one attached hydrogen (secondary N) is 2. The molecule has 8 bridgehead atoms. The van der Waals surface area contributed by atoms with Crippen LogP contribution in [0.25, 0.3) is 44.4 Å². The van der Waals surface area contributed by atoms with Crippen LogP contribution in [0.5, 0.6) is 0 Å². The number of hydrogen-bond acceptors (Lipinski definition) is 5. The lowest BCUT2D eigenvalue weighted by molar-refractivity contribution is -0.136. The number of allylic oxidation sites excluding steroid dienone is 4. The van der Waals surface area contributed by atoms with Crippen LogP contribution in [-0.2, 0) is 27.4 Å². The lowest BCUT2D eigenvalue weighted by Crippen LogP contribution is -1.96. The summed E-state index contributed by atoms with van der Waals surface area (Å²) in [5.41, 5.74) is 16.8. The number of aryl methyl sites for hydroxylation is 4. The van der Waals surface area contributed by atoms with Gasteiger partial charge in [-0.2, -0.15) is 9.78 Å². The van der Waals surface area contributed by atoms with Gasteiger partial charge in [0.05, 0.1) is 22.8 Å². The highest BCUT2D eigenvalue weighted by atomic mass is 17.4. The molecule has 3 aromatic heterocycles. The molecule has 0 aromatic carbocycles. The highest BCUT2D eigenvalue weighted by molar-refractivity contribution is 5.96. The van der Waals surface area contributed by atoms with E-state index in [-0.39, 0.29) is 12.7 Å². The molecule has 8 heteroatoms. The fourth-order valence-corrected chi connectivity index (χ4v) is 6.39. The highest BCUT2D eigenvalue weighted by Crippen LogP contribution is 2.39. The lowest BCUT2D eigenvalue weighted by atomic mass is 9.98. The zero-order valence-electron chi connectivity index (χ0n) is 25.2. The molecule has 0 saturated carbocycles. The Balaban J connectivity index is 1.70. The van der Waals surface area contributed by atoms with Gasteiger partial charge in [-0.1, -0.05) is 13.8 Å². The SMILES string of the molecule is CCc1c(C)c2cc3[nH]c(cc4nc(cc5nc(cc1[nH]2)C(C)=C5CCC1OO1)C(CCC(=O)O)=C4C)c(C)c3CC. The minimum absolute atomic E-state index is 0.0389. The minimum Gasteiger partial charge on any atom is -0.481 e. The van der Waals surface area contributed by atoms with E-state index < -0.39 is 5.97 Å². The molecular weight excluding hydrogens is 528 g/mol. The van der Waals surface area contributed by atoms with E-state index in [9.17, 15) is 9.90 Å². The standard InChI is InChI=1S/C34H38N4O4/c1-7-21-17(3)25-13-26-19(5)23(9-11-33(39)40)31(37-26)16-32-24(10-12-34-41-42-34)20(6)28(38-32)15-30-22(8-2)18(4)27(36-30)14-29(21)35-25/h13-16,34-36H,7-12H2,1-6H3,(H,39,40). The summed E-state index contributed by atoms with van der Waals surface area (Å²) in [4.78, 5) is 39.2. The second kappa shape index (κ2) is 11.0. The Bertz CT molecular complexity index is 1840. The normalized spacial score (nSPS) is 15.2. The molecule has 1 fully saturated rings. The summed E-state index contributed by atoms with van der Waals surface area (Å²) in [6.45, 7) is 12.9. The van der Waals surface area contributed by atoms with E-state index in [1.165, 1.54) is 22.3 Å². The maximum Gasteiger partial charge on any atom is 0.303 e. The second-order valence-corrected chi connectivity index (χ2v) is 11.4. The van der Waals surface area contributed by atoms with Gasteiger partial charge in [0.25, 0.3) is 0 Å². The van der Waals surface area contributed by atoms with Crippen molar-refractivity contribution in [3.63, 3.8) is 0 Å². The third-order valence-corrected chi connectivity index (χ3v) is 8.96. The molecule has 1 saturated heterocycles. The minimum atomic E-state index is -0.824. The van der Waals surface area contributed by atoms with E-state index in [1.807, 2.05) is 13.0 Å². The van der Waals surface area contributed by atoms with E-state index in [2.05, 4.69) is 62.8 Å². The summed E-state index contributed by atoms with van der Waals surface area (Å²) < 4.78 is 0. The topological polar surface area (TPSA) is 120 Å². The van der Waals surface area contributed by atoms with Crippen molar-refractivity contribution in [2.24, 2.45) is 0 Å². The van der Waals surface area contributed by atoms with Crippen LogP contribution in [0.15, 0.2) is 24.3 Å². The van der Waals surface area contributed by atoms with Crippen molar-refractivity contribution in [1.29, 1.82) is 0 Å². The van der Waals surface area contributed by atoms with E-state index in [1.54, 1.807) is 0 Å². The molecule has 3 aliphatic rings. The first kappa shape index (κ1) is 28.1. The number of carboxylic acids is 1. The van der Waals surface area contributed by atoms with Crippen molar-refractivity contribution >= 4 is 50.3 Å². The molecule has 0 spiro atoms. The molecule has 218 valence electrons. The van der Waals surface area contributed by atoms with E-state index in [4.69, 9.17) is 19.7 Å². The smallest absolute Gasteiger partial charge is 0.303 e. The molecule has 3 aromatic rings. The van der Waals surface area contributed by atoms with Gasteiger partial charge in [-0.3, -0.25) is 4.79 Å². The Morgan fingerprint density at radius 2 is 1.24 bits per heavy atom. The van der Waals surface area contributed by atoms with Crippen molar-refractivity contribution in [1.82, 2.24) is 19.9 Å². The zero-order chi connectivity index (χ0) is 29.7. The van der Waals surface area contributed by atoms with E-state index in [0.717, 1.165) is 92.8 Å². The van der Waals surface area contributed by atoms with Crippen molar-refractivity contribution in [3.8, 4) is 0 Å². The number of rotatable bonds is 8. The number of nitrogens with zero attached hydrogens (tertiary/aromatic N) is 2. The molecule has 8 nitrogen and oxygen atoms in total. The molecule has 3 N–H and O–H groups in total.